The number of nitrogens with zero attached hydrogens (tertiary/aromatic N) is 2. The molecule has 1 aliphatic heterocycles. The van der Waals surface area contributed by atoms with Crippen molar-refractivity contribution in [1.82, 2.24) is 10.2 Å². The van der Waals surface area contributed by atoms with Crippen molar-refractivity contribution in [2.45, 2.75) is 38.6 Å². The molecule has 0 aliphatic carbocycles. The lowest BCUT2D eigenvalue weighted by molar-refractivity contribution is -0.149. The minimum atomic E-state index is -0.228. The fourth-order valence-corrected chi connectivity index (χ4v) is 1.73. The second kappa shape index (κ2) is 6.23. The van der Waals surface area contributed by atoms with Crippen LogP contribution in [-0.4, -0.2) is 35.8 Å². The smallest absolute Gasteiger partial charge is 0.246 e. The maximum atomic E-state index is 11.8. The molecule has 0 bridgehead atoms. The molecule has 0 spiro atoms. The molecule has 5 nitrogen and oxygen atoms in total. The van der Waals surface area contributed by atoms with Crippen LogP contribution in [-0.2, 0) is 9.59 Å². The summed E-state index contributed by atoms with van der Waals surface area (Å²) in [6.07, 6.45) is 2.62. The van der Waals surface area contributed by atoms with Crippen LogP contribution in [0.25, 0.3) is 0 Å². The van der Waals surface area contributed by atoms with E-state index in [-0.39, 0.29) is 24.4 Å². The van der Waals surface area contributed by atoms with Gasteiger partial charge >= 0.3 is 0 Å². The Morgan fingerprint density at radius 2 is 2.25 bits per heavy atom. The van der Waals surface area contributed by atoms with Crippen molar-refractivity contribution >= 4 is 11.8 Å². The zero-order chi connectivity index (χ0) is 12.0. The number of carbonyl (C=O) groups is 2. The van der Waals surface area contributed by atoms with Crippen LogP contribution in [0.4, 0.5) is 0 Å². The van der Waals surface area contributed by atoms with Gasteiger partial charge in [-0.3, -0.25) is 19.8 Å². The lowest BCUT2D eigenvalue weighted by Crippen LogP contribution is -2.57. The quantitative estimate of drug-likeness (QED) is 0.541. The first-order valence-corrected chi connectivity index (χ1v) is 5.65. The van der Waals surface area contributed by atoms with Gasteiger partial charge < -0.3 is 0 Å². The van der Waals surface area contributed by atoms with Crippen molar-refractivity contribution in [2.75, 3.05) is 13.1 Å². The molecule has 0 aromatic carbocycles. The highest BCUT2D eigenvalue weighted by molar-refractivity contribution is 6.01. The predicted octanol–water partition coefficient (Wildman–Crippen LogP) is 0.417. The number of amides is 2. The molecule has 1 atom stereocenters. The molecule has 1 unspecified atom stereocenters. The molecule has 1 aliphatic rings. The molecule has 1 fully saturated rings. The standard InChI is InChI=1S/C11H17N3O2/c1-2-9-11(16)14(10(15)8-13-9)7-5-3-4-6-12/h9,13H,2-5,7-8H2,1H3. The number of hydrogen-bond acceptors (Lipinski definition) is 4. The van der Waals surface area contributed by atoms with Crippen LogP contribution in [0.15, 0.2) is 0 Å². The van der Waals surface area contributed by atoms with Gasteiger partial charge in [-0.1, -0.05) is 6.92 Å². The van der Waals surface area contributed by atoms with Gasteiger partial charge in [0.2, 0.25) is 11.8 Å². The Morgan fingerprint density at radius 1 is 1.50 bits per heavy atom. The largest absolute Gasteiger partial charge is 0.297 e. The van der Waals surface area contributed by atoms with Crippen LogP contribution < -0.4 is 5.32 Å². The van der Waals surface area contributed by atoms with Gasteiger partial charge in [0.1, 0.15) is 0 Å². The molecule has 1 N–H and O–H groups in total. The van der Waals surface area contributed by atoms with Crippen molar-refractivity contribution in [3.63, 3.8) is 0 Å². The summed E-state index contributed by atoms with van der Waals surface area (Å²) in [6.45, 7) is 2.60. The molecule has 0 aromatic heterocycles. The molecule has 2 amide bonds. The highest BCUT2D eigenvalue weighted by Crippen LogP contribution is 2.08. The van der Waals surface area contributed by atoms with Crippen molar-refractivity contribution in [2.24, 2.45) is 0 Å². The number of unbranched alkanes of at least 4 members (excludes halogenated alkanes) is 2. The van der Waals surface area contributed by atoms with E-state index in [0.717, 1.165) is 6.42 Å². The number of hydrogen-bond donors (Lipinski definition) is 1. The van der Waals surface area contributed by atoms with Gasteiger partial charge in [-0.25, -0.2) is 0 Å². The number of piperazine rings is 1. The Balaban J connectivity index is 2.45. The van der Waals surface area contributed by atoms with Crippen molar-refractivity contribution < 1.29 is 9.59 Å². The topological polar surface area (TPSA) is 73.2 Å². The first kappa shape index (κ1) is 12.7. The lowest BCUT2D eigenvalue weighted by atomic mass is 10.1. The molecular weight excluding hydrogens is 206 g/mol. The molecule has 1 heterocycles. The van der Waals surface area contributed by atoms with Crippen LogP contribution in [0.1, 0.15) is 32.6 Å². The van der Waals surface area contributed by atoms with Crippen LogP contribution in [0.5, 0.6) is 0 Å². The van der Waals surface area contributed by atoms with E-state index in [1.807, 2.05) is 13.0 Å². The van der Waals surface area contributed by atoms with E-state index >= 15 is 0 Å². The van der Waals surface area contributed by atoms with Crippen LogP contribution >= 0.6 is 0 Å². The predicted molar refractivity (Wildman–Crippen MR) is 58.3 cm³/mol. The average molecular weight is 223 g/mol. The van der Waals surface area contributed by atoms with E-state index in [1.54, 1.807) is 0 Å². The monoisotopic (exact) mass is 223 g/mol. The Kier molecular flexibility index (Phi) is 4.93. The third-order valence-corrected chi connectivity index (χ3v) is 2.69. The third-order valence-electron chi connectivity index (χ3n) is 2.69. The van der Waals surface area contributed by atoms with E-state index in [0.29, 0.717) is 25.8 Å². The molecule has 0 radical (unpaired) electrons. The van der Waals surface area contributed by atoms with Gasteiger partial charge in [-0.15, -0.1) is 0 Å². The molecule has 88 valence electrons. The van der Waals surface area contributed by atoms with Crippen molar-refractivity contribution in [3.05, 3.63) is 0 Å². The summed E-state index contributed by atoms with van der Waals surface area (Å²) in [6, 6.07) is 1.82. The van der Waals surface area contributed by atoms with E-state index in [1.165, 1.54) is 4.90 Å². The average Bonchev–Trinajstić information content (AvgIpc) is 2.28. The zero-order valence-electron chi connectivity index (χ0n) is 9.53. The number of rotatable bonds is 5. The summed E-state index contributed by atoms with van der Waals surface area (Å²) in [4.78, 5) is 24.6. The van der Waals surface area contributed by atoms with Crippen LogP contribution in [0.2, 0.25) is 0 Å². The number of imide groups is 1. The van der Waals surface area contributed by atoms with Crippen LogP contribution in [0.3, 0.4) is 0 Å². The Labute approximate surface area is 95.4 Å². The molecule has 1 rings (SSSR count). The van der Waals surface area contributed by atoms with Gasteiger partial charge in [-0.2, -0.15) is 5.26 Å². The van der Waals surface area contributed by atoms with Gasteiger partial charge in [-0.05, 0) is 19.3 Å². The van der Waals surface area contributed by atoms with E-state index in [2.05, 4.69) is 5.32 Å². The van der Waals surface area contributed by atoms with E-state index in [4.69, 9.17) is 5.26 Å². The summed E-state index contributed by atoms with van der Waals surface area (Å²) in [5.41, 5.74) is 0. The normalized spacial score (nSPS) is 21.0. The minimum Gasteiger partial charge on any atom is -0.297 e. The van der Waals surface area contributed by atoms with Gasteiger partial charge in [0.05, 0.1) is 18.7 Å². The summed E-state index contributed by atoms with van der Waals surface area (Å²) in [5.74, 6) is -0.289. The summed E-state index contributed by atoms with van der Waals surface area (Å²) in [5, 5.41) is 11.3. The fourth-order valence-electron chi connectivity index (χ4n) is 1.73. The lowest BCUT2D eigenvalue weighted by Gasteiger charge is -2.30. The van der Waals surface area contributed by atoms with Crippen LogP contribution in [0, 0.1) is 11.3 Å². The zero-order valence-corrected chi connectivity index (χ0v) is 9.53. The van der Waals surface area contributed by atoms with Crippen molar-refractivity contribution in [3.8, 4) is 6.07 Å². The maximum Gasteiger partial charge on any atom is 0.246 e. The first-order valence-electron chi connectivity index (χ1n) is 5.65. The summed E-state index contributed by atoms with van der Waals surface area (Å²) >= 11 is 0. The highest BCUT2D eigenvalue weighted by Gasteiger charge is 2.31. The van der Waals surface area contributed by atoms with Gasteiger partial charge in [0.15, 0.2) is 0 Å². The molecule has 5 heteroatoms. The molecule has 16 heavy (non-hydrogen) atoms. The van der Waals surface area contributed by atoms with E-state index < -0.39 is 0 Å². The Morgan fingerprint density at radius 3 is 2.88 bits per heavy atom. The van der Waals surface area contributed by atoms with Crippen molar-refractivity contribution in [1.29, 1.82) is 5.26 Å². The minimum absolute atomic E-state index is 0.129. The second-order valence-corrected chi connectivity index (χ2v) is 3.84. The maximum absolute atomic E-state index is 11.8. The van der Waals surface area contributed by atoms with Gasteiger partial charge in [0.25, 0.3) is 0 Å². The SMILES string of the molecule is CCC1NCC(=O)N(CCCCC#N)C1=O. The van der Waals surface area contributed by atoms with Gasteiger partial charge in [0, 0.05) is 13.0 Å². The van der Waals surface area contributed by atoms with E-state index in [9.17, 15) is 9.59 Å². The highest BCUT2D eigenvalue weighted by atomic mass is 16.2. The summed E-state index contributed by atoms with van der Waals surface area (Å²) in [7, 11) is 0. The second-order valence-electron chi connectivity index (χ2n) is 3.84. The number of nitriles is 1. The number of carbonyl (C=O) groups excluding carboxylic acids is 2. The Bertz CT molecular complexity index is 309. The molecule has 1 saturated heterocycles. The molecule has 0 aromatic rings. The molecule has 0 saturated carbocycles. The Hall–Kier alpha value is -1.41. The number of nitrogens with one attached hydrogen (secondary N) is 1. The summed E-state index contributed by atoms with van der Waals surface area (Å²) < 4.78 is 0. The molecular formula is C11H17N3O2. The first-order chi connectivity index (χ1) is 7.70. The third kappa shape index (κ3) is 3.04. The fraction of sp³-hybridized carbons (Fsp3) is 0.727.